The maximum atomic E-state index is 10.4. The predicted octanol–water partition coefficient (Wildman–Crippen LogP) is 7.10. The zero-order valence-corrected chi connectivity index (χ0v) is 19.3. The van der Waals surface area contributed by atoms with Crippen molar-refractivity contribution in [1.29, 1.82) is 0 Å². The molecule has 0 saturated heterocycles. The molecule has 0 heterocycles. The first-order valence-corrected chi connectivity index (χ1v) is 12.6. The lowest BCUT2D eigenvalue weighted by Crippen LogP contribution is -2.05. The van der Waals surface area contributed by atoms with Crippen molar-refractivity contribution in [2.24, 2.45) is 0 Å². The van der Waals surface area contributed by atoms with E-state index in [1.807, 2.05) is 0 Å². The van der Waals surface area contributed by atoms with Crippen molar-refractivity contribution in [1.82, 2.24) is 0 Å². The van der Waals surface area contributed by atoms with Crippen molar-refractivity contribution in [2.75, 3.05) is 0 Å². The van der Waals surface area contributed by atoms with Gasteiger partial charge in [0.15, 0.2) is 0 Å². The molecular formula is C25H48O5. The molecule has 0 unspecified atom stereocenters. The van der Waals surface area contributed by atoms with E-state index >= 15 is 0 Å². The Bertz CT molecular complexity index is 361. The van der Waals surface area contributed by atoms with Crippen LogP contribution in [0.15, 0.2) is 0 Å². The van der Waals surface area contributed by atoms with Crippen LogP contribution >= 0.6 is 0 Å². The number of carbonyl (C=O) groups is 2. The smallest absolute Gasteiger partial charge is 0.303 e. The second kappa shape index (κ2) is 22.6. The fourth-order valence-corrected chi connectivity index (χ4v) is 3.93. The summed E-state index contributed by atoms with van der Waals surface area (Å²) in [4.78, 5) is 20.8. The van der Waals surface area contributed by atoms with Crippen molar-refractivity contribution >= 4 is 11.9 Å². The van der Waals surface area contributed by atoms with E-state index in [-0.39, 0.29) is 6.10 Å². The van der Waals surface area contributed by atoms with E-state index in [4.69, 9.17) is 10.2 Å². The standard InChI is InChI=1S/C25H48O5/c26-23(19-15-11-7-3-1-5-9-13-17-21-24(27)28)20-16-12-8-4-2-6-10-14-18-22-25(29)30/h23,26H,1-22H2,(H,27,28)(H,29,30). The highest BCUT2D eigenvalue weighted by Gasteiger charge is 2.04. The van der Waals surface area contributed by atoms with Gasteiger partial charge in [-0.25, -0.2) is 0 Å². The number of hydrogen-bond donors (Lipinski definition) is 3. The van der Waals surface area contributed by atoms with Crippen molar-refractivity contribution in [3.63, 3.8) is 0 Å². The van der Waals surface area contributed by atoms with Crippen LogP contribution in [0.2, 0.25) is 0 Å². The number of unbranched alkanes of at least 4 members (excludes halogenated alkanes) is 16. The minimum Gasteiger partial charge on any atom is -0.481 e. The molecule has 0 aromatic rings. The Balaban J connectivity index is 3.17. The van der Waals surface area contributed by atoms with E-state index in [1.54, 1.807) is 0 Å². The van der Waals surface area contributed by atoms with Crippen LogP contribution in [0.5, 0.6) is 0 Å². The van der Waals surface area contributed by atoms with Gasteiger partial charge in [0.1, 0.15) is 0 Å². The monoisotopic (exact) mass is 428 g/mol. The summed E-state index contributed by atoms with van der Waals surface area (Å²) in [5.74, 6) is -1.37. The van der Waals surface area contributed by atoms with Crippen LogP contribution in [0, 0.1) is 0 Å². The fourth-order valence-electron chi connectivity index (χ4n) is 3.93. The molecule has 5 heteroatoms. The highest BCUT2D eigenvalue weighted by molar-refractivity contribution is 5.66. The van der Waals surface area contributed by atoms with Gasteiger partial charge in [0.25, 0.3) is 0 Å². The number of carboxylic acids is 2. The summed E-state index contributed by atoms with van der Waals surface area (Å²) < 4.78 is 0. The Morgan fingerprint density at radius 2 is 0.667 bits per heavy atom. The fraction of sp³-hybridized carbons (Fsp3) is 0.920. The van der Waals surface area contributed by atoms with E-state index < -0.39 is 11.9 Å². The number of rotatable bonds is 24. The number of hydrogen-bond acceptors (Lipinski definition) is 3. The average Bonchev–Trinajstić information content (AvgIpc) is 2.69. The second-order valence-corrected chi connectivity index (χ2v) is 8.88. The van der Waals surface area contributed by atoms with Crippen LogP contribution in [0.3, 0.4) is 0 Å². The van der Waals surface area contributed by atoms with Gasteiger partial charge in [-0.1, -0.05) is 103 Å². The van der Waals surface area contributed by atoms with Gasteiger partial charge in [0.05, 0.1) is 6.10 Å². The van der Waals surface area contributed by atoms with Crippen LogP contribution in [0.4, 0.5) is 0 Å². The number of carboxylic acid groups (broad SMARTS) is 2. The number of aliphatic carboxylic acids is 2. The molecule has 0 rings (SSSR count). The van der Waals surface area contributed by atoms with Gasteiger partial charge in [-0.2, -0.15) is 0 Å². The molecule has 0 radical (unpaired) electrons. The molecule has 0 spiro atoms. The molecule has 0 fully saturated rings. The molecule has 0 atom stereocenters. The lowest BCUT2D eigenvalue weighted by molar-refractivity contribution is -0.138. The van der Waals surface area contributed by atoms with Crippen molar-refractivity contribution in [3.05, 3.63) is 0 Å². The van der Waals surface area contributed by atoms with Crippen molar-refractivity contribution in [2.45, 2.75) is 147 Å². The summed E-state index contributed by atoms with van der Waals surface area (Å²) >= 11 is 0. The molecule has 0 aromatic carbocycles. The zero-order valence-electron chi connectivity index (χ0n) is 19.3. The molecule has 0 aliphatic rings. The Morgan fingerprint density at radius 3 is 0.933 bits per heavy atom. The Hall–Kier alpha value is -1.10. The summed E-state index contributed by atoms with van der Waals surface area (Å²) in [5, 5.41) is 27.2. The van der Waals surface area contributed by atoms with Crippen molar-refractivity contribution < 1.29 is 24.9 Å². The van der Waals surface area contributed by atoms with E-state index in [0.717, 1.165) is 64.2 Å². The summed E-state index contributed by atoms with van der Waals surface area (Å²) in [6.45, 7) is 0. The SMILES string of the molecule is O=C(O)CCCCCCCCCCCC(O)CCCCCCCCCCCC(=O)O. The molecule has 0 bridgehead atoms. The number of aliphatic hydroxyl groups is 1. The highest BCUT2D eigenvalue weighted by atomic mass is 16.4. The van der Waals surface area contributed by atoms with E-state index in [0.29, 0.717) is 12.8 Å². The first-order chi connectivity index (χ1) is 14.5. The maximum absolute atomic E-state index is 10.4. The third kappa shape index (κ3) is 24.9. The molecule has 0 aliphatic carbocycles. The molecule has 0 saturated carbocycles. The normalized spacial score (nSPS) is 11.3. The molecule has 0 aliphatic heterocycles. The maximum Gasteiger partial charge on any atom is 0.303 e. The first kappa shape index (κ1) is 28.9. The minimum atomic E-state index is -0.685. The molecule has 178 valence electrons. The molecule has 5 nitrogen and oxygen atoms in total. The van der Waals surface area contributed by atoms with E-state index in [2.05, 4.69) is 0 Å². The van der Waals surface area contributed by atoms with Gasteiger partial charge in [-0.15, -0.1) is 0 Å². The summed E-state index contributed by atoms with van der Waals surface area (Å²) in [6, 6.07) is 0. The molecule has 30 heavy (non-hydrogen) atoms. The van der Waals surface area contributed by atoms with Gasteiger partial charge in [0, 0.05) is 12.8 Å². The molecular weight excluding hydrogens is 380 g/mol. The Kier molecular flexibility index (Phi) is 21.8. The lowest BCUT2D eigenvalue weighted by atomic mass is 10.0. The summed E-state index contributed by atoms with van der Waals surface area (Å²) in [5.41, 5.74) is 0. The third-order valence-electron chi connectivity index (χ3n) is 5.86. The van der Waals surface area contributed by atoms with Gasteiger partial charge < -0.3 is 15.3 Å². The number of aliphatic hydroxyl groups excluding tert-OH is 1. The Labute approximate surface area is 184 Å². The van der Waals surface area contributed by atoms with E-state index in [9.17, 15) is 14.7 Å². The summed E-state index contributed by atoms with van der Waals surface area (Å²) in [6.07, 6.45) is 23.0. The highest BCUT2D eigenvalue weighted by Crippen LogP contribution is 2.16. The largest absolute Gasteiger partial charge is 0.481 e. The van der Waals surface area contributed by atoms with Gasteiger partial charge in [0.2, 0.25) is 0 Å². The molecule has 0 amide bonds. The van der Waals surface area contributed by atoms with Crippen LogP contribution in [-0.4, -0.2) is 33.4 Å². The van der Waals surface area contributed by atoms with Crippen LogP contribution < -0.4 is 0 Å². The van der Waals surface area contributed by atoms with Crippen molar-refractivity contribution in [3.8, 4) is 0 Å². The quantitative estimate of drug-likeness (QED) is 0.143. The molecule has 0 aromatic heterocycles. The van der Waals surface area contributed by atoms with Crippen LogP contribution in [0.25, 0.3) is 0 Å². The lowest BCUT2D eigenvalue weighted by Gasteiger charge is -2.10. The van der Waals surface area contributed by atoms with Gasteiger partial charge >= 0.3 is 11.9 Å². The molecule has 3 N–H and O–H groups in total. The van der Waals surface area contributed by atoms with E-state index in [1.165, 1.54) is 64.2 Å². The van der Waals surface area contributed by atoms with Gasteiger partial charge in [-0.05, 0) is 25.7 Å². The predicted molar refractivity (Wildman–Crippen MR) is 123 cm³/mol. The average molecular weight is 429 g/mol. The van der Waals surface area contributed by atoms with Crippen LogP contribution in [-0.2, 0) is 9.59 Å². The second-order valence-electron chi connectivity index (χ2n) is 8.88. The third-order valence-corrected chi connectivity index (χ3v) is 5.86. The van der Waals surface area contributed by atoms with Gasteiger partial charge in [-0.3, -0.25) is 9.59 Å². The zero-order chi connectivity index (χ0) is 22.3. The first-order valence-electron chi connectivity index (χ1n) is 12.6. The summed E-state index contributed by atoms with van der Waals surface area (Å²) in [7, 11) is 0. The Morgan fingerprint density at radius 1 is 0.433 bits per heavy atom. The topological polar surface area (TPSA) is 94.8 Å². The minimum absolute atomic E-state index is 0.131. The van der Waals surface area contributed by atoms with Crippen LogP contribution in [0.1, 0.15) is 141 Å².